The Morgan fingerprint density at radius 3 is 2.78 bits per heavy atom. The Kier molecular flexibility index (Phi) is 2.58. The zero-order valence-electron chi connectivity index (χ0n) is 10.6. The normalized spacial score (nSPS) is 14.8. The van der Waals surface area contributed by atoms with Gasteiger partial charge in [0.2, 0.25) is 0 Å². The summed E-state index contributed by atoms with van der Waals surface area (Å²) in [4.78, 5) is 6.21. The molecule has 0 bridgehead atoms. The van der Waals surface area contributed by atoms with Crippen LogP contribution in [0.1, 0.15) is 12.8 Å². The number of benzene rings is 1. The Morgan fingerprint density at radius 1 is 1.33 bits per heavy atom. The van der Waals surface area contributed by atoms with Crippen LogP contribution in [-0.2, 0) is 0 Å². The van der Waals surface area contributed by atoms with Gasteiger partial charge in [0, 0.05) is 25.5 Å². The summed E-state index contributed by atoms with van der Waals surface area (Å²) >= 11 is 0. The molecule has 1 aliphatic rings. The molecule has 1 aliphatic carbocycles. The highest BCUT2D eigenvalue weighted by Crippen LogP contribution is 2.34. The highest BCUT2D eigenvalue weighted by atomic mass is 19.1. The van der Waals surface area contributed by atoms with E-state index in [0.717, 1.165) is 11.1 Å². The van der Waals surface area contributed by atoms with Crippen molar-refractivity contribution in [2.45, 2.75) is 18.9 Å². The number of fused-ring (bicyclic) bond motifs is 1. The third-order valence-electron chi connectivity index (χ3n) is 3.20. The van der Waals surface area contributed by atoms with Gasteiger partial charge < -0.3 is 10.2 Å². The second-order valence-corrected chi connectivity index (χ2v) is 4.97. The van der Waals surface area contributed by atoms with Crippen molar-refractivity contribution >= 4 is 22.3 Å². The van der Waals surface area contributed by atoms with Crippen LogP contribution >= 0.6 is 0 Å². The fourth-order valence-corrected chi connectivity index (χ4v) is 2.14. The Hall–Kier alpha value is -1.84. The van der Waals surface area contributed by atoms with Crippen molar-refractivity contribution in [1.82, 2.24) is 4.98 Å². The summed E-state index contributed by atoms with van der Waals surface area (Å²) in [6, 6.07) is 5.70. The standard InChI is InChI=1S/C14H16FN3/c1-18(2)14-13-10(4-3-5-11(13)15)12(8-16-14)17-9-6-7-9/h3-5,8-9,17H,6-7H2,1-2H3. The van der Waals surface area contributed by atoms with Gasteiger partial charge in [0.1, 0.15) is 11.6 Å². The predicted octanol–water partition coefficient (Wildman–Crippen LogP) is 3.01. The summed E-state index contributed by atoms with van der Waals surface area (Å²) in [5, 5.41) is 4.90. The fraction of sp³-hybridized carbons (Fsp3) is 0.357. The average Bonchev–Trinajstić information content (AvgIpc) is 3.14. The lowest BCUT2D eigenvalue weighted by Gasteiger charge is -2.17. The molecule has 0 atom stereocenters. The van der Waals surface area contributed by atoms with Crippen molar-refractivity contribution in [3.05, 3.63) is 30.2 Å². The van der Waals surface area contributed by atoms with Gasteiger partial charge in [0.15, 0.2) is 0 Å². The predicted molar refractivity (Wildman–Crippen MR) is 72.7 cm³/mol. The van der Waals surface area contributed by atoms with Gasteiger partial charge in [-0.1, -0.05) is 12.1 Å². The van der Waals surface area contributed by atoms with Crippen LogP contribution in [0.2, 0.25) is 0 Å². The van der Waals surface area contributed by atoms with Crippen LogP contribution in [0.15, 0.2) is 24.4 Å². The molecule has 2 aromatic rings. The average molecular weight is 245 g/mol. The maximum absolute atomic E-state index is 14.0. The van der Waals surface area contributed by atoms with Crippen molar-refractivity contribution in [2.75, 3.05) is 24.3 Å². The molecule has 1 aromatic carbocycles. The summed E-state index contributed by atoms with van der Waals surface area (Å²) in [5.74, 6) is 0.451. The van der Waals surface area contributed by atoms with Gasteiger partial charge in [-0.05, 0) is 18.9 Å². The van der Waals surface area contributed by atoms with Gasteiger partial charge in [-0.2, -0.15) is 0 Å². The number of anilines is 2. The number of hydrogen-bond acceptors (Lipinski definition) is 3. The second kappa shape index (κ2) is 4.12. The molecule has 1 saturated carbocycles. The third kappa shape index (κ3) is 1.88. The summed E-state index contributed by atoms with van der Waals surface area (Å²) < 4.78 is 14.0. The number of rotatable bonds is 3. The van der Waals surface area contributed by atoms with Crippen LogP contribution in [0.3, 0.4) is 0 Å². The first-order valence-electron chi connectivity index (χ1n) is 6.18. The first kappa shape index (κ1) is 11.3. The van der Waals surface area contributed by atoms with E-state index in [9.17, 15) is 4.39 Å². The van der Waals surface area contributed by atoms with Crippen molar-refractivity contribution < 1.29 is 4.39 Å². The minimum Gasteiger partial charge on any atom is -0.381 e. The Labute approximate surface area is 106 Å². The van der Waals surface area contributed by atoms with Crippen LogP contribution in [0, 0.1) is 5.82 Å². The Morgan fingerprint density at radius 2 is 2.11 bits per heavy atom. The van der Waals surface area contributed by atoms with Crippen LogP contribution in [0.25, 0.3) is 10.8 Å². The van der Waals surface area contributed by atoms with Crippen molar-refractivity contribution in [3.63, 3.8) is 0 Å². The molecule has 1 fully saturated rings. The van der Waals surface area contributed by atoms with E-state index in [1.54, 1.807) is 12.3 Å². The van der Waals surface area contributed by atoms with Crippen LogP contribution in [0.5, 0.6) is 0 Å². The molecular formula is C14H16FN3. The van der Waals surface area contributed by atoms with Gasteiger partial charge in [-0.3, -0.25) is 0 Å². The molecule has 1 N–H and O–H groups in total. The molecule has 0 saturated heterocycles. The molecule has 4 heteroatoms. The smallest absolute Gasteiger partial charge is 0.139 e. The number of halogens is 1. The summed E-state index contributed by atoms with van der Waals surface area (Å²) in [6.45, 7) is 0. The summed E-state index contributed by atoms with van der Waals surface area (Å²) in [5.41, 5.74) is 0.928. The Balaban J connectivity index is 2.21. The van der Waals surface area contributed by atoms with Crippen LogP contribution in [-0.4, -0.2) is 25.1 Å². The van der Waals surface area contributed by atoms with E-state index in [1.165, 1.54) is 18.9 Å². The van der Waals surface area contributed by atoms with Gasteiger partial charge in [-0.15, -0.1) is 0 Å². The van der Waals surface area contributed by atoms with E-state index >= 15 is 0 Å². The van der Waals surface area contributed by atoms with E-state index in [0.29, 0.717) is 17.2 Å². The molecular weight excluding hydrogens is 229 g/mol. The maximum atomic E-state index is 14.0. The molecule has 0 amide bonds. The topological polar surface area (TPSA) is 28.2 Å². The zero-order valence-corrected chi connectivity index (χ0v) is 10.6. The minimum absolute atomic E-state index is 0.219. The molecule has 0 unspecified atom stereocenters. The monoisotopic (exact) mass is 245 g/mol. The largest absolute Gasteiger partial charge is 0.381 e. The molecule has 0 aliphatic heterocycles. The molecule has 1 heterocycles. The first-order chi connectivity index (χ1) is 8.66. The molecule has 0 radical (unpaired) electrons. The van der Waals surface area contributed by atoms with Crippen LogP contribution < -0.4 is 10.2 Å². The molecule has 1 aromatic heterocycles. The summed E-state index contributed by atoms with van der Waals surface area (Å²) in [6.07, 6.45) is 4.17. The molecule has 3 rings (SSSR count). The SMILES string of the molecule is CN(C)c1ncc(NC2CC2)c2cccc(F)c12. The fourth-order valence-electron chi connectivity index (χ4n) is 2.14. The van der Waals surface area contributed by atoms with Crippen molar-refractivity contribution in [1.29, 1.82) is 0 Å². The van der Waals surface area contributed by atoms with Gasteiger partial charge in [0.05, 0.1) is 17.3 Å². The van der Waals surface area contributed by atoms with Gasteiger partial charge >= 0.3 is 0 Å². The second-order valence-electron chi connectivity index (χ2n) is 4.97. The van der Waals surface area contributed by atoms with Gasteiger partial charge in [-0.25, -0.2) is 9.37 Å². The van der Waals surface area contributed by atoms with E-state index in [1.807, 2.05) is 25.1 Å². The molecule has 94 valence electrons. The highest BCUT2D eigenvalue weighted by Gasteiger charge is 2.22. The Bertz CT molecular complexity index is 591. The molecule has 3 nitrogen and oxygen atoms in total. The maximum Gasteiger partial charge on any atom is 0.139 e. The molecule has 0 spiro atoms. The zero-order chi connectivity index (χ0) is 12.7. The third-order valence-corrected chi connectivity index (χ3v) is 3.20. The first-order valence-corrected chi connectivity index (χ1v) is 6.18. The molecule has 18 heavy (non-hydrogen) atoms. The minimum atomic E-state index is -0.219. The highest BCUT2D eigenvalue weighted by molar-refractivity contribution is 6.00. The van der Waals surface area contributed by atoms with Crippen molar-refractivity contribution in [2.24, 2.45) is 0 Å². The number of nitrogens with one attached hydrogen (secondary N) is 1. The van der Waals surface area contributed by atoms with E-state index < -0.39 is 0 Å². The quantitative estimate of drug-likeness (QED) is 0.901. The van der Waals surface area contributed by atoms with E-state index in [4.69, 9.17) is 0 Å². The van der Waals surface area contributed by atoms with Crippen molar-refractivity contribution in [3.8, 4) is 0 Å². The number of pyridine rings is 1. The number of hydrogen-bond donors (Lipinski definition) is 1. The summed E-state index contributed by atoms with van der Waals surface area (Å²) in [7, 11) is 3.75. The van der Waals surface area contributed by atoms with E-state index in [-0.39, 0.29) is 5.82 Å². The number of nitrogens with zero attached hydrogens (tertiary/aromatic N) is 2. The van der Waals surface area contributed by atoms with Crippen LogP contribution in [0.4, 0.5) is 15.9 Å². The lowest BCUT2D eigenvalue weighted by molar-refractivity contribution is 0.639. The van der Waals surface area contributed by atoms with E-state index in [2.05, 4.69) is 10.3 Å². The number of aromatic nitrogens is 1. The van der Waals surface area contributed by atoms with Gasteiger partial charge in [0.25, 0.3) is 0 Å². The lowest BCUT2D eigenvalue weighted by atomic mass is 10.1. The lowest BCUT2D eigenvalue weighted by Crippen LogP contribution is -2.12.